The minimum absolute atomic E-state index is 0.0762. The van der Waals surface area contributed by atoms with E-state index in [0.717, 1.165) is 22.8 Å². The molecule has 4 heteroatoms. The van der Waals surface area contributed by atoms with Crippen LogP contribution < -0.4 is 15.0 Å². The molecule has 2 aromatic rings. The highest BCUT2D eigenvalue weighted by Gasteiger charge is 2.39. The van der Waals surface area contributed by atoms with Gasteiger partial charge < -0.3 is 10.5 Å². The van der Waals surface area contributed by atoms with E-state index in [1.165, 1.54) is 0 Å². The Morgan fingerprint density at radius 2 is 1.73 bits per heavy atom. The van der Waals surface area contributed by atoms with E-state index in [2.05, 4.69) is 6.08 Å². The molecule has 0 bridgehead atoms. The molecule has 0 saturated heterocycles. The first-order chi connectivity index (χ1) is 12.5. The van der Waals surface area contributed by atoms with Gasteiger partial charge in [0, 0.05) is 18.7 Å². The van der Waals surface area contributed by atoms with Crippen molar-refractivity contribution in [1.29, 1.82) is 0 Å². The third-order valence-corrected chi connectivity index (χ3v) is 4.58. The smallest absolute Gasteiger partial charge is 0.326 e. The fraction of sp³-hybridized carbons (Fsp3) is 0.227. The number of ether oxygens (including phenoxy) is 1. The molecular formula is C22H25N2O2+. The average molecular weight is 349 g/mol. The zero-order valence-corrected chi connectivity index (χ0v) is 15.3. The Morgan fingerprint density at radius 3 is 2.27 bits per heavy atom. The van der Waals surface area contributed by atoms with E-state index < -0.39 is 0 Å². The summed E-state index contributed by atoms with van der Waals surface area (Å²) in [4.78, 5) is 13.0. The summed E-state index contributed by atoms with van der Waals surface area (Å²) in [6.07, 6.45) is 5.96. The van der Waals surface area contributed by atoms with Crippen molar-refractivity contribution in [2.45, 2.75) is 13.8 Å². The van der Waals surface area contributed by atoms with Crippen molar-refractivity contribution in [2.24, 2.45) is 11.7 Å². The van der Waals surface area contributed by atoms with Crippen LogP contribution in [-0.2, 0) is 4.79 Å². The van der Waals surface area contributed by atoms with Crippen LogP contribution in [0.1, 0.15) is 13.8 Å². The normalized spacial score (nSPS) is 19.3. The summed E-state index contributed by atoms with van der Waals surface area (Å²) < 4.78 is 6.03. The van der Waals surface area contributed by atoms with Gasteiger partial charge in [-0.3, -0.25) is 0 Å². The number of nitrogens with two attached hydrogens (primary N) is 1. The summed E-state index contributed by atoms with van der Waals surface area (Å²) in [5, 5.41) is 0. The molecule has 1 amide bonds. The number of amides is 1. The third kappa shape index (κ3) is 3.62. The van der Waals surface area contributed by atoms with Crippen LogP contribution in [0.4, 0.5) is 5.69 Å². The van der Waals surface area contributed by atoms with E-state index >= 15 is 0 Å². The lowest BCUT2D eigenvalue weighted by Gasteiger charge is -2.34. The maximum Gasteiger partial charge on any atom is 0.326 e. The Morgan fingerprint density at radius 1 is 1.08 bits per heavy atom. The zero-order valence-electron chi connectivity index (χ0n) is 15.3. The number of carbonyl (C=O) groups is 1. The average Bonchev–Trinajstić information content (AvgIpc) is 2.69. The lowest BCUT2D eigenvalue weighted by atomic mass is 10.1. The molecule has 0 spiro atoms. The second-order valence-electron chi connectivity index (χ2n) is 6.75. The van der Waals surface area contributed by atoms with E-state index in [-0.39, 0.29) is 16.3 Å². The Balaban J connectivity index is 1.89. The molecule has 3 rings (SSSR count). The Labute approximate surface area is 154 Å². The predicted molar refractivity (Wildman–Crippen MR) is 106 cm³/mol. The summed E-state index contributed by atoms with van der Waals surface area (Å²) in [5.41, 5.74) is 7.71. The highest BCUT2D eigenvalue weighted by atomic mass is 16.5. The molecule has 26 heavy (non-hydrogen) atoms. The number of benzene rings is 2. The molecule has 2 aromatic carbocycles. The first-order valence-electron chi connectivity index (χ1n) is 8.89. The Kier molecular flexibility index (Phi) is 5.35. The molecule has 1 aliphatic rings. The highest BCUT2D eigenvalue weighted by Crippen LogP contribution is 2.32. The van der Waals surface area contributed by atoms with Crippen LogP contribution in [0.25, 0.3) is 0 Å². The van der Waals surface area contributed by atoms with Gasteiger partial charge in [-0.25, -0.2) is 4.79 Å². The van der Waals surface area contributed by atoms with Gasteiger partial charge in [0.05, 0.1) is 5.92 Å². The van der Waals surface area contributed by atoms with Crippen LogP contribution in [0.15, 0.2) is 78.5 Å². The van der Waals surface area contributed by atoms with E-state index in [4.69, 9.17) is 10.5 Å². The number of carbonyl (C=O) groups excluding carboxylic acids is 1. The fourth-order valence-corrected chi connectivity index (χ4v) is 3.11. The number of nitrogens with zero attached hydrogens (tertiary/aromatic N) is 1. The van der Waals surface area contributed by atoms with Crippen LogP contribution >= 0.6 is 0 Å². The Hall–Kier alpha value is -2.69. The standard InChI is InChI=1S/C22H25N2O2/c1-17(2)22(25)24(14-12-18(16-23)13-15-24)19-8-10-21(11-9-19)26-20-6-4-3-5-7-20/h3-14,17H,15-16,23H2,1-2H3/q+1. The Bertz CT molecular complexity index is 823. The number of quaternary nitrogens is 1. The van der Waals surface area contributed by atoms with E-state index in [1.54, 1.807) is 0 Å². The molecule has 4 nitrogen and oxygen atoms in total. The molecule has 1 unspecified atom stereocenters. The monoisotopic (exact) mass is 349 g/mol. The van der Waals surface area contributed by atoms with Gasteiger partial charge in [0.15, 0.2) is 0 Å². The number of hydrogen-bond acceptors (Lipinski definition) is 3. The minimum atomic E-state index is -0.0762. The van der Waals surface area contributed by atoms with Crippen LogP contribution in [0.2, 0.25) is 0 Å². The number of rotatable bonds is 5. The maximum absolute atomic E-state index is 13.0. The first-order valence-corrected chi connectivity index (χ1v) is 8.89. The van der Waals surface area contributed by atoms with Crippen molar-refractivity contribution in [1.82, 2.24) is 4.48 Å². The van der Waals surface area contributed by atoms with Crippen LogP contribution in [0.3, 0.4) is 0 Å². The summed E-state index contributed by atoms with van der Waals surface area (Å²) >= 11 is 0. The van der Waals surface area contributed by atoms with Gasteiger partial charge in [0.1, 0.15) is 29.9 Å². The summed E-state index contributed by atoms with van der Waals surface area (Å²) in [6.45, 7) is 4.94. The predicted octanol–water partition coefficient (Wildman–Crippen LogP) is 4.38. The second kappa shape index (κ2) is 7.68. The molecule has 0 aromatic heterocycles. The van der Waals surface area contributed by atoms with Gasteiger partial charge in [0.25, 0.3) is 0 Å². The quantitative estimate of drug-likeness (QED) is 0.815. The molecule has 1 heterocycles. The molecule has 0 saturated carbocycles. The van der Waals surface area contributed by atoms with Gasteiger partial charge in [-0.15, -0.1) is 0 Å². The summed E-state index contributed by atoms with van der Waals surface area (Å²) in [6, 6.07) is 17.4. The zero-order chi connectivity index (χ0) is 18.6. The first kappa shape index (κ1) is 18.1. The van der Waals surface area contributed by atoms with Gasteiger partial charge >= 0.3 is 5.91 Å². The molecule has 0 aliphatic carbocycles. The minimum Gasteiger partial charge on any atom is -0.457 e. The molecule has 0 fully saturated rings. The summed E-state index contributed by atoms with van der Waals surface area (Å²) in [7, 11) is 0. The lowest BCUT2D eigenvalue weighted by Crippen LogP contribution is -2.52. The van der Waals surface area contributed by atoms with Gasteiger partial charge in [-0.1, -0.05) is 18.2 Å². The molecule has 1 atom stereocenters. The van der Waals surface area contributed by atoms with E-state index in [1.807, 2.05) is 80.7 Å². The van der Waals surface area contributed by atoms with Gasteiger partial charge in [0.2, 0.25) is 0 Å². The maximum atomic E-state index is 13.0. The van der Waals surface area contributed by atoms with E-state index in [9.17, 15) is 4.79 Å². The van der Waals surface area contributed by atoms with Crippen molar-refractivity contribution in [3.05, 3.63) is 78.5 Å². The second-order valence-corrected chi connectivity index (χ2v) is 6.75. The summed E-state index contributed by atoms with van der Waals surface area (Å²) in [5.74, 6) is 1.61. The fourth-order valence-electron chi connectivity index (χ4n) is 3.11. The number of hydrogen-bond donors (Lipinski definition) is 1. The SMILES string of the molecule is CC(C)C(=O)[N+]1(c2ccc(Oc3ccccc3)cc2)C=CC(CN)=CC1. The van der Waals surface area contributed by atoms with Crippen LogP contribution in [0.5, 0.6) is 11.5 Å². The van der Waals surface area contributed by atoms with Crippen molar-refractivity contribution < 1.29 is 9.53 Å². The molecule has 1 aliphatic heterocycles. The lowest BCUT2D eigenvalue weighted by molar-refractivity contribution is -0.130. The van der Waals surface area contributed by atoms with E-state index in [0.29, 0.717) is 13.1 Å². The molecule has 2 N–H and O–H groups in total. The third-order valence-electron chi connectivity index (χ3n) is 4.58. The molecular weight excluding hydrogens is 324 g/mol. The van der Waals surface area contributed by atoms with Crippen LogP contribution in [0, 0.1) is 5.92 Å². The molecule has 0 radical (unpaired) electrons. The topological polar surface area (TPSA) is 52.3 Å². The van der Waals surface area contributed by atoms with Crippen molar-refractivity contribution in [3.8, 4) is 11.5 Å². The van der Waals surface area contributed by atoms with Crippen molar-refractivity contribution in [2.75, 3.05) is 13.1 Å². The number of para-hydroxylation sites is 1. The van der Waals surface area contributed by atoms with Crippen molar-refractivity contribution >= 4 is 11.6 Å². The molecule has 134 valence electrons. The highest BCUT2D eigenvalue weighted by molar-refractivity contribution is 5.92. The van der Waals surface area contributed by atoms with Gasteiger partial charge in [-0.05, 0) is 55.8 Å². The van der Waals surface area contributed by atoms with Crippen LogP contribution in [-0.4, -0.2) is 19.0 Å². The van der Waals surface area contributed by atoms with Gasteiger partial charge in [-0.2, -0.15) is 4.48 Å². The van der Waals surface area contributed by atoms with Crippen molar-refractivity contribution in [3.63, 3.8) is 0 Å². The largest absolute Gasteiger partial charge is 0.457 e.